The molecule has 0 aliphatic rings. The van der Waals surface area contributed by atoms with E-state index in [1.54, 1.807) is 6.20 Å². The number of aromatic nitrogens is 3. The van der Waals surface area contributed by atoms with E-state index in [2.05, 4.69) is 35.1 Å². The van der Waals surface area contributed by atoms with E-state index < -0.39 is 0 Å². The van der Waals surface area contributed by atoms with Crippen molar-refractivity contribution in [2.45, 2.75) is 19.8 Å². The van der Waals surface area contributed by atoms with Crippen molar-refractivity contribution in [1.29, 1.82) is 0 Å². The van der Waals surface area contributed by atoms with Gasteiger partial charge < -0.3 is 5.73 Å². The summed E-state index contributed by atoms with van der Waals surface area (Å²) >= 11 is 0. The second-order valence-electron chi connectivity index (χ2n) is 3.94. The first-order chi connectivity index (χ1) is 7.68. The molecule has 0 radical (unpaired) electrons. The van der Waals surface area contributed by atoms with E-state index in [9.17, 15) is 0 Å². The Bertz CT molecular complexity index is 494. The molecule has 0 saturated heterocycles. The predicted molar refractivity (Wildman–Crippen MR) is 63.8 cm³/mol. The van der Waals surface area contributed by atoms with Crippen LogP contribution in [0.5, 0.6) is 0 Å². The molecular weight excluding hydrogens is 200 g/mol. The van der Waals surface area contributed by atoms with Crippen LogP contribution < -0.4 is 5.73 Å². The molecule has 0 amide bonds. The van der Waals surface area contributed by atoms with Crippen molar-refractivity contribution in [2.75, 3.05) is 5.73 Å². The first-order valence-electron chi connectivity index (χ1n) is 5.23. The maximum Gasteiger partial charge on any atom is 0.240 e. The Hall–Kier alpha value is -1.97. The highest BCUT2D eigenvalue weighted by molar-refractivity contribution is 5.64. The van der Waals surface area contributed by atoms with E-state index in [4.69, 9.17) is 5.73 Å². The van der Waals surface area contributed by atoms with Gasteiger partial charge in [0.05, 0.1) is 11.9 Å². The van der Waals surface area contributed by atoms with Crippen molar-refractivity contribution >= 4 is 5.95 Å². The zero-order valence-electron chi connectivity index (χ0n) is 9.38. The summed E-state index contributed by atoms with van der Waals surface area (Å²) in [6, 6.07) is 8.13. The molecule has 0 unspecified atom stereocenters. The third kappa shape index (κ3) is 2.00. The Labute approximate surface area is 94.6 Å². The summed E-state index contributed by atoms with van der Waals surface area (Å²) < 4.78 is 0. The first-order valence-corrected chi connectivity index (χ1v) is 5.23. The molecule has 0 aliphatic heterocycles. The van der Waals surface area contributed by atoms with Gasteiger partial charge in [-0.2, -0.15) is 5.10 Å². The van der Waals surface area contributed by atoms with E-state index >= 15 is 0 Å². The molecule has 0 atom stereocenters. The van der Waals surface area contributed by atoms with Crippen molar-refractivity contribution in [1.82, 2.24) is 15.2 Å². The van der Waals surface area contributed by atoms with Crippen molar-refractivity contribution in [3.8, 4) is 11.3 Å². The number of nitrogen functional groups attached to an aromatic ring is 1. The molecule has 2 N–H and O–H groups in total. The van der Waals surface area contributed by atoms with Crippen LogP contribution in [0.2, 0.25) is 0 Å². The van der Waals surface area contributed by atoms with Gasteiger partial charge in [0.1, 0.15) is 0 Å². The Balaban J connectivity index is 2.55. The minimum Gasteiger partial charge on any atom is -0.366 e. The molecule has 0 fully saturated rings. The second kappa shape index (κ2) is 4.26. The molecule has 4 heteroatoms. The van der Waals surface area contributed by atoms with Crippen molar-refractivity contribution in [3.63, 3.8) is 0 Å². The number of anilines is 1. The van der Waals surface area contributed by atoms with Crippen LogP contribution in [0.15, 0.2) is 30.5 Å². The molecule has 82 valence electrons. The Morgan fingerprint density at radius 3 is 2.62 bits per heavy atom. The average Bonchev–Trinajstić information content (AvgIpc) is 2.29. The van der Waals surface area contributed by atoms with Gasteiger partial charge in [0.25, 0.3) is 0 Å². The average molecular weight is 214 g/mol. The smallest absolute Gasteiger partial charge is 0.240 e. The Morgan fingerprint density at radius 2 is 1.94 bits per heavy atom. The van der Waals surface area contributed by atoms with E-state index in [1.165, 1.54) is 5.56 Å². The number of nitrogens with two attached hydrogens (primary N) is 1. The van der Waals surface area contributed by atoms with Gasteiger partial charge in [0.2, 0.25) is 5.95 Å². The van der Waals surface area contributed by atoms with Crippen LogP contribution in [0.4, 0.5) is 5.95 Å². The molecule has 4 nitrogen and oxygen atoms in total. The molecule has 2 rings (SSSR count). The zero-order valence-corrected chi connectivity index (χ0v) is 9.38. The van der Waals surface area contributed by atoms with Gasteiger partial charge in [0, 0.05) is 5.56 Å². The molecular formula is C12H14N4. The number of benzene rings is 1. The molecule has 1 aromatic heterocycles. The van der Waals surface area contributed by atoms with Gasteiger partial charge in [-0.25, -0.2) is 4.98 Å². The quantitative estimate of drug-likeness (QED) is 0.832. The summed E-state index contributed by atoms with van der Waals surface area (Å²) in [7, 11) is 0. The van der Waals surface area contributed by atoms with Crippen molar-refractivity contribution < 1.29 is 0 Å². The SMILES string of the molecule is CC(C)c1ccccc1-c1cnnc(N)n1. The Kier molecular flexibility index (Phi) is 2.81. The third-order valence-electron chi connectivity index (χ3n) is 2.43. The van der Waals surface area contributed by atoms with Gasteiger partial charge in [-0.1, -0.05) is 38.1 Å². The Morgan fingerprint density at radius 1 is 1.19 bits per heavy atom. The first kappa shape index (κ1) is 10.5. The summed E-state index contributed by atoms with van der Waals surface area (Å²) in [5, 5.41) is 7.48. The van der Waals surface area contributed by atoms with Gasteiger partial charge >= 0.3 is 0 Å². The van der Waals surface area contributed by atoms with E-state index in [1.807, 2.05) is 18.2 Å². The number of nitrogens with zero attached hydrogens (tertiary/aromatic N) is 3. The van der Waals surface area contributed by atoms with Crippen LogP contribution in [-0.2, 0) is 0 Å². The second-order valence-corrected chi connectivity index (χ2v) is 3.94. The molecule has 0 saturated carbocycles. The zero-order chi connectivity index (χ0) is 11.5. The largest absolute Gasteiger partial charge is 0.366 e. The lowest BCUT2D eigenvalue weighted by atomic mass is 9.96. The standard InChI is InChI=1S/C12H14N4/c1-8(2)9-5-3-4-6-10(9)11-7-14-16-12(13)15-11/h3-8H,1-2H3,(H2,13,15,16). The topological polar surface area (TPSA) is 64.7 Å². The molecule has 0 aliphatic carbocycles. The number of hydrogen-bond acceptors (Lipinski definition) is 4. The van der Waals surface area contributed by atoms with Gasteiger partial charge in [-0.3, -0.25) is 0 Å². The number of rotatable bonds is 2. The van der Waals surface area contributed by atoms with Crippen LogP contribution >= 0.6 is 0 Å². The summed E-state index contributed by atoms with van der Waals surface area (Å²) in [4.78, 5) is 4.19. The van der Waals surface area contributed by atoms with Crippen LogP contribution in [0.25, 0.3) is 11.3 Å². The lowest BCUT2D eigenvalue weighted by molar-refractivity contribution is 0.866. The summed E-state index contributed by atoms with van der Waals surface area (Å²) in [5.74, 6) is 0.642. The summed E-state index contributed by atoms with van der Waals surface area (Å²) in [6.07, 6.45) is 1.64. The summed E-state index contributed by atoms with van der Waals surface area (Å²) in [5.41, 5.74) is 8.62. The monoisotopic (exact) mass is 214 g/mol. The lowest BCUT2D eigenvalue weighted by Gasteiger charge is -2.11. The maximum atomic E-state index is 5.54. The molecule has 1 aromatic carbocycles. The minimum atomic E-state index is 0.205. The van der Waals surface area contributed by atoms with Crippen molar-refractivity contribution in [3.05, 3.63) is 36.0 Å². The highest BCUT2D eigenvalue weighted by Gasteiger charge is 2.09. The number of hydrogen-bond donors (Lipinski definition) is 1. The van der Waals surface area contributed by atoms with Gasteiger partial charge in [-0.05, 0) is 11.5 Å². The van der Waals surface area contributed by atoms with Crippen LogP contribution in [0.3, 0.4) is 0 Å². The van der Waals surface area contributed by atoms with E-state index in [-0.39, 0.29) is 5.95 Å². The van der Waals surface area contributed by atoms with Crippen LogP contribution in [-0.4, -0.2) is 15.2 Å². The van der Waals surface area contributed by atoms with Crippen LogP contribution in [0, 0.1) is 0 Å². The van der Waals surface area contributed by atoms with Gasteiger partial charge in [-0.15, -0.1) is 5.10 Å². The third-order valence-corrected chi connectivity index (χ3v) is 2.43. The summed E-state index contributed by atoms with van der Waals surface area (Å²) in [6.45, 7) is 4.30. The molecule has 16 heavy (non-hydrogen) atoms. The van der Waals surface area contributed by atoms with E-state index in [0.717, 1.165) is 11.3 Å². The maximum absolute atomic E-state index is 5.54. The van der Waals surface area contributed by atoms with Crippen molar-refractivity contribution in [2.24, 2.45) is 0 Å². The molecule has 0 bridgehead atoms. The van der Waals surface area contributed by atoms with Gasteiger partial charge in [0.15, 0.2) is 0 Å². The lowest BCUT2D eigenvalue weighted by Crippen LogP contribution is -2.00. The normalized spacial score (nSPS) is 10.7. The molecule has 2 aromatic rings. The molecule has 0 spiro atoms. The van der Waals surface area contributed by atoms with Crippen LogP contribution in [0.1, 0.15) is 25.3 Å². The predicted octanol–water partition coefficient (Wildman–Crippen LogP) is 2.24. The van der Waals surface area contributed by atoms with E-state index in [0.29, 0.717) is 5.92 Å². The fourth-order valence-electron chi connectivity index (χ4n) is 1.68. The molecule has 1 heterocycles. The minimum absolute atomic E-state index is 0.205. The highest BCUT2D eigenvalue weighted by Crippen LogP contribution is 2.27. The highest BCUT2D eigenvalue weighted by atomic mass is 15.2. The fraction of sp³-hybridized carbons (Fsp3) is 0.250. The fourth-order valence-corrected chi connectivity index (χ4v) is 1.68.